The van der Waals surface area contributed by atoms with Gasteiger partial charge < -0.3 is 20.2 Å². The second-order valence-corrected chi connectivity index (χ2v) is 5.92. The minimum Gasteiger partial charge on any atom is -0.389 e. The molecule has 118 valence electrons. The van der Waals surface area contributed by atoms with E-state index < -0.39 is 0 Å². The number of amides is 2. The van der Waals surface area contributed by atoms with Crippen molar-refractivity contribution in [2.24, 2.45) is 11.1 Å². The Morgan fingerprint density at radius 2 is 2.18 bits per heavy atom. The maximum atomic E-state index is 12.1. The zero-order valence-corrected chi connectivity index (χ0v) is 12.8. The van der Waals surface area contributed by atoms with Crippen LogP contribution >= 0.6 is 0 Å². The Bertz CT molecular complexity index is 586. The van der Waals surface area contributed by atoms with E-state index in [0.29, 0.717) is 25.7 Å². The normalized spacial score (nSPS) is 23.0. The molecule has 2 atom stereocenters. The van der Waals surface area contributed by atoms with Gasteiger partial charge in [0.25, 0.3) is 0 Å². The van der Waals surface area contributed by atoms with E-state index >= 15 is 0 Å². The van der Waals surface area contributed by atoms with E-state index in [0.717, 1.165) is 17.0 Å². The molecule has 2 aliphatic rings. The van der Waals surface area contributed by atoms with E-state index in [-0.39, 0.29) is 18.1 Å². The van der Waals surface area contributed by atoms with Gasteiger partial charge in [0, 0.05) is 5.69 Å². The Balaban J connectivity index is 1.55. The predicted octanol–water partition coefficient (Wildman–Crippen LogP) is 2.33. The van der Waals surface area contributed by atoms with E-state index in [9.17, 15) is 4.79 Å². The summed E-state index contributed by atoms with van der Waals surface area (Å²) in [5, 5.41) is 9.77. The molecule has 1 fully saturated rings. The summed E-state index contributed by atoms with van der Waals surface area (Å²) < 4.78 is 5.35. The third-order valence-corrected chi connectivity index (χ3v) is 4.02. The fraction of sp³-hybridized carbons (Fsp3) is 0.500. The molecule has 0 aromatic heterocycles. The summed E-state index contributed by atoms with van der Waals surface area (Å²) >= 11 is 0. The highest BCUT2D eigenvalue weighted by atomic mass is 16.7. The van der Waals surface area contributed by atoms with Gasteiger partial charge in [0.1, 0.15) is 0 Å². The number of hydrogen-bond donors (Lipinski definition) is 2. The Labute approximate surface area is 129 Å². The average Bonchev–Trinajstić information content (AvgIpc) is 3.09. The summed E-state index contributed by atoms with van der Waals surface area (Å²) in [5.41, 5.74) is 2.79. The number of rotatable bonds is 4. The topological polar surface area (TPSA) is 72.0 Å². The summed E-state index contributed by atoms with van der Waals surface area (Å²) in [5.74, 6) is 0.517. The van der Waals surface area contributed by atoms with Gasteiger partial charge in [0.2, 0.25) is 0 Å². The number of anilines is 1. The first-order valence-electron chi connectivity index (χ1n) is 7.59. The fourth-order valence-electron chi connectivity index (χ4n) is 2.77. The molecule has 0 unspecified atom stereocenters. The number of oxime groups is 1. The molecule has 6 nitrogen and oxygen atoms in total. The minimum absolute atomic E-state index is 0.0153. The van der Waals surface area contributed by atoms with Gasteiger partial charge in [0.15, 0.2) is 6.10 Å². The van der Waals surface area contributed by atoms with Crippen molar-refractivity contribution in [1.82, 2.24) is 5.32 Å². The van der Waals surface area contributed by atoms with Crippen LogP contribution in [0.15, 0.2) is 29.4 Å². The molecule has 0 aliphatic carbocycles. The van der Waals surface area contributed by atoms with Crippen LogP contribution in [0.4, 0.5) is 10.5 Å². The van der Waals surface area contributed by atoms with E-state index in [4.69, 9.17) is 9.57 Å². The SMILES string of the molecule is CC(C)c1ccccc1NC(=O)NCC1=NO[C@@H]2COC[C@H]12. The molecule has 22 heavy (non-hydrogen) atoms. The molecular formula is C16H21N3O3. The van der Waals surface area contributed by atoms with Crippen LogP contribution in [0.25, 0.3) is 0 Å². The molecule has 1 saturated heterocycles. The Morgan fingerprint density at radius 1 is 1.36 bits per heavy atom. The number of fused-ring (bicyclic) bond motifs is 1. The van der Waals surface area contributed by atoms with Crippen LogP contribution in [0.2, 0.25) is 0 Å². The summed E-state index contributed by atoms with van der Waals surface area (Å²) in [7, 11) is 0. The van der Waals surface area contributed by atoms with Crippen molar-refractivity contribution < 1.29 is 14.4 Å². The van der Waals surface area contributed by atoms with Gasteiger partial charge in [-0.2, -0.15) is 0 Å². The lowest BCUT2D eigenvalue weighted by Crippen LogP contribution is -2.36. The number of ether oxygens (including phenoxy) is 1. The zero-order chi connectivity index (χ0) is 15.5. The monoisotopic (exact) mass is 303 g/mol. The molecule has 6 heteroatoms. The molecule has 2 aliphatic heterocycles. The lowest BCUT2D eigenvalue weighted by atomic mass is 10.0. The molecule has 2 N–H and O–H groups in total. The van der Waals surface area contributed by atoms with Crippen molar-refractivity contribution in [2.45, 2.75) is 25.9 Å². The summed E-state index contributed by atoms with van der Waals surface area (Å²) in [6, 6.07) is 7.58. The van der Waals surface area contributed by atoms with Gasteiger partial charge in [-0.05, 0) is 17.5 Å². The van der Waals surface area contributed by atoms with Crippen LogP contribution in [0.5, 0.6) is 0 Å². The van der Waals surface area contributed by atoms with Crippen molar-refractivity contribution in [3.63, 3.8) is 0 Å². The molecule has 3 rings (SSSR count). The van der Waals surface area contributed by atoms with Crippen LogP contribution < -0.4 is 10.6 Å². The first kappa shape index (κ1) is 14.8. The van der Waals surface area contributed by atoms with E-state index in [1.807, 2.05) is 24.3 Å². The second kappa shape index (κ2) is 6.36. The average molecular weight is 303 g/mol. The Hall–Kier alpha value is -2.08. The molecule has 0 bridgehead atoms. The number of nitrogens with zero attached hydrogens (tertiary/aromatic N) is 1. The van der Waals surface area contributed by atoms with Crippen molar-refractivity contribution in [3.8, 4) is 0 Å². The minimum atomic E-state index is -0.238. The van der Waals surface area contributed by atoms with Crippen molar-refractivity contribution in [1.29, 1.82) is 0 Å². The first-order valence-corrected chi connectivity index (χ1v) is 7.59. The highest BCUT2D eigenvalue weighted by Crippen LogP contribution is 2.25. The summed E-state index contributed by atoms with van der Waals surface area (Å²) in [6.07, 6.45) is 0.0153. The lowest BCUT2D eigenvalue weighted by molar-refractivity contribution is 0.0558. The summed E-state index contributed by atoms with van der Waals surface area (Å²) in [6.45, 7) is 5.77. The largest absolute Gasteiger partial charge is 0.389 e. The van der Waals surface area contributed by atoms with Crippen molar-refractivity contribution in [3.05, 3.63) is 29.8 Å². The number of nitrogens with one attached hydrogen (secondary N) is 2. The van der Waals surface area contributed by atoms with Gasteiger partial charge >= 0.3 is 6.03 Å². The molecule has 2 heterocycles. The Morgan fingerprint density at radius 3 is 3.00 bits per heavy atom. The highest BCUT2D eigenvalue weighted by molar-refractivity contribution is 5.96. The maximum Gasteiger partial charge on any atom is 0.319 e. The molecule has 0 saturated carbocycles. The first-order chi connectivity index (χ1) is 10.6. The van der Waals surface area contributed by atoms with Crippen LogP contribution in [0.3, 0.4) is 0 Å². The summed E-state index contributed by atoms with van der Waals surface area (Å²) in [4.78, 5) is 17.4. The van der Waals surface area contributed by atoms with E-state index in [1.54, 1.807) is 0 Å². The van der Waals surface area contributed by atoms with E-state index in [1.165, 1.54) is 0 Å². The highest BCUT2D eigenvalue weighted by Gasteiger charge is 2.39. The quantitative estimate of drug-likeness (QED) is 0.896. The standard InChI is InChI=1S/C16H21N3O3/c1-10(2)11-5-3-4-6-13(11)18-16(20)17-7-14-12-8-21-9-15(12)22-19-14/h3-6,10,12,15H,7-9H2,1-2H3,(H2,17,18,20)/t12-,15-/m1/s1. The smallest absolute Gasteiger partial charge is 0.319 e. The van der Waals surface area contributed by atoms with Crippen molar-refractivity contribution in [2.75, 3.05) is 25.1 Å². The molecule has 1 aromatic rings. The Kier molecular flexibility index (Phi) is 4.29. The van der Waals surface area contributed by atoms with E-state index in [2.05, 4.69) is 29.6 Å². The van der Waals surface area contributed by atoms with Crippen molar-refractivity contribution >= 4 is 17.4 Å². The maximum absolute atomic E-state index is 12.1. The zero-order valence-electron chi connectivity index (χ0n) is 12.8. The van der Waals surface area contributed by atoms with Crippen LogP contribution in [0, 0.1) is 5.92 Å². The van der Waals surface area contributed by atoms with Gasteiger partial charge in [-0.3, -0.25) is 0 Å². The third kappa shape index (κ3) is 3.06. The number of para-hydroxylation sites is 1. The van der Waals surface area contributed by atoms with Crippen LogP contribution in [0.1, 0.15) is 25.3 Å². The number of hydrogen-bond acceptors (Lipinski definition) is 4. The van der Waals surface area contributed by atoms with Crippen LogP contribution in [-0.2, 0) is 9.57 Å². The molecular weight excluding hydrogens is 282 g/mol. The lowest BCUT2D eigenvalue weighted by Gasteiger charge is -2.14. The fourth-order valence-corrected chi connectivity index (χ4v) is 2.77. The van der Waals surface area contributed by atoms with Gasteiger partial charge in [0.05, 0.1) is 31.4 Å². The van der Waals surface area contributed by atoms with Gasteiger partial charge in [-0.1, -0.05) is 37.2 Å². The number of benzene rings is 1. The molecule has 0 radical (unpaired) electrons. The molecule has 2 amide bonds. The number of carbonyl (C=O) groups excluding carboxylic acids is 1. The second-order valence-electron chi connectivity index (χ2n) is 5.92. The molecule has 1 aromatic carbocycles. The third-order valence-electron chi connectivity index (χ3n) is 4.02. The van der Waals surface area contributed by atoms with Gasteiger partial charge in [-0.15, -0.1) is 0 Å². The predicted molar refractivity (Wildman–Crippen MR) is 84.2 cm³/mol. The molecule has 0 spiro atoms. The number of urea groups is 1. The van der Waals surface area contributed by atoms with Crippen LogP contribution in [-0.4, -0.2) is 37.6 Å². The number of carbonyl (C=O) groups is 1. The van der Waals surface area contributed by atoms with Gasteiger partial charge in [-0.25, -0.2) is 4.79 Å².